The van der Waals surface area contributed by atoms with E-state index in [1.807, 2.05) is 47.4 Å². The Bertz CT molecular complexity index is 685. The lowest BCUT2D eigenvalue weighted by Gasteiger charge is -2.32. The van der Waals surface area contributed by atoms with E-state index in [0.29, 0.717) is 5.75 Å². The first-order chi connectivity index (χ1) is 12.1. The minimum Gasteiger partial charge on any atom is -0.339 e. The molecule has 3 nitrogen and oxygen atoms in total. The highest BCUT2D eigenvalue weighted by Crippen LogP contribution is 2.36. The molecule has 0 N–H and O–H groups in total. The van der Waals surface area contributed by atoms with E-state index in [2.05, 4.69) is 24.1 Å². The number of nitrogens with zero attached hydrogens (tertiary/aromatic N) is 2. The highest BCUT2D eigenvalue weighted by molar-refractivity contribution is 8.00. The lowest BCUT2D eigenvalue weighted by Crippen LogP contribution is -2.47. The normalized spacial score (nSPS) is 16.6. The van der Waals surface area contributed by atoms with Gasteiger partial charge in [0.15, 0.2) is 0 Å². The minimum atomic E-state index is 0.134. The van der Waals surface area contributed by atoms with Gasteiger partial charge in [-0.25, -0.2) is 0 Å². The van der Waals surface area contributed by atoms with Crippen LogP contribution in [-0.4, -0.2) is 54.7 Å². The predicted molar refractivity (Wildman–Crippen MR) is 106 cm³/mol. The Kier molecular flexibility index (Phi) is 6.40. The number of carbonyl (C=O) groups is 1. The summed E-state index contributed by atoms with van der Waals surface area (Å²) >= 11 is 7.72. The SMILES string of the molecule is CN1CCN(C(=O)CSC(c2ccccc2)c2ccc(Cl)cc2)CC1. The molecule has 5 heteroatoms. The molecule has 2 aromatic rings. The van der Waals surface area contributed by atoms with Gasteiger partial charge in [0.2, 0.25) is 5.91 Å². The topological polar surface area (TPSA) is 23.6 Å². The smallest absolute Gasteiger partial charge is 0.232 e. The first-order valence-electron chi connectivity index (χ1n) is 8.52. The molecule has 0 bridgehead atoms. The summed E-state index contributed by atoms with van der Waals surface area (Å²) in [7, 11) is 2.10. The number of thioether (sulfide) groups is 1. The van der Waals surface area contributed by atoms with E-state index in [4.69, 9.17) is 11.6 Å². The van der Waals surface area contributed by atoms with Crippen LogP contribution < -0.4 is 0 Å². The fourth-order valence-electron chi connectivity index (χ4n) is 2.95. The van der Waals surface area contributed by atoms with Crippen LogP contribution in [0.4, 0.5) is 0 Å². The van der Waals surface area contributed by atoms with Crippen molar-refractivity contribution in [1.29, 1.82) is 0 Å². The van der Waals surface area contributed by atoms with Gasteiger partial charge in [-0.1, -0.05) is 54.1 Å². The van der Waals surface area contributed by atoms with E-state index in [9.17, 15) is 4.79 Å². The first kappa shape index (κ1) is 18.3. The molecule has 0 aromatic heterocycles. The summed E-state index contributed by atoms with van der Waals surface area (Å²) in [4.78, 5) is 16.8. The quantitative estimate of drug-likeness (QED) is 0.792. The Morgan fingerprint density at radius 3 is 2.24 bits per heavy atom. The molecule has 1 aliphatic heterocycles. The van der Waals surface area contributed by atoms with E-state index in [-0.39, 0.29) is 11.2 Å². The van der Waals surface area contributed by atoms with Gasteiger partial charge in [-0.05, 0) is 30.3 Å². The van der Waals surface area contributed by atoms with Gasteiger partial charge >= 0.3 is 0 Å². The molecule has 1 atom stereocenters. The van der Waals surface area contributed by atoms with Gasteiger partial charge in [0.1, 0.15) is 0 Å². The Morgan fingerprint density at radius 1 is 1.00 bits per heavy atom. The molecule has 1 heterocycles. The third-order valence-corrected chi connectivity index (χ3v) is 6.05. The molecule has 1 aliphatic rings. The molecule has 0 spiro atoms. The second-order valence-electron chi connectivity index (χ2n) is 6.34. The lowest BCUT2D eigenvalue weighted by atomic mass is 10.0. The van der Waals surface area contributed by atoms with Crippen molar-refractivity contribution in [2.75, 3.05) is 39.0 Å². The molecule has 1 amide bonds. The Labute approximate surface area is 159 Å². The van der Waals surface area contributed by atoms with Gasteiger partial charge in [0, 0.05) is 31.2 Å². The summed E-state index contributed by atoms with van der Waals surface area (Å²) in [5, 5.41) is 0.865. The summed E-state index contributed by atoms with van der Waals surface area (Å²) in [5.74, 6) is 0.722. The molecule has 3 rings (SSSR count). The number of hydrogen-bond acceptors (Lipinski definition) is 3. The van der Waals surface area contributed by atoms with Gasteiger partial charge in [-0.3, -0.25) is 4.79 Å². The number of rotatable bonds is 5. The van der Waals surface area contributed by atoms with Crippen LogP contribution in [-0.2, 0) is 4.79 Å². The van der Waals surface area contributed by atoms with Crippen molar-refractivity contribution in [3.05, 3.63) is 70.7 Å². The summed E-state index contributed by atoms with van der Waals surface area (Å²) < 4.78 is 0. The standard InChI is InChI=1S/C20H23ClN2OS/c1-22-11-13-23(14-12-22)19(24)15-25-20(16-5-3-2-4-6-16)17-7-9-18(21)10-8-17/h2-10,20H,11-15H2,1H3. The zero-order chi connectivity index (χ0) is 17.6. The molecule has 1 fully saturated rings. The Morgan fingerprint density at radius 2 is 1.60 bits per heavy atom. The molecular weight excluding hydrogens is 352 g/mol. The zero-order valence-corrected chi connectivity index (χ0v) is 16.0. The number of carbonyl (C=O) groups excluding carboxylic acids is 1. The maximum Gasteiger partial charge on any atom is 0.232 e. The monoisotopic (exact) mass is 374 g/mol. The Balaban J connectivity index is 1.70. The number of amides is 1. The lowest BCUT2D eigenvalue weighted by molar-refractivity contribution is -0.129. The molecule has 0 radical (unpaired) electrons. The van der Waals surface area contributed by atoms with E-state index in [1.54, 1.807) is 11.8 Å². The van der Waals surface area contributed by atoms with Gasteiger partial charge in [0.05, 0.1) is 11.0 Å². The molecule has 132 valence electrons. The number of hydrogen-bond donors (Lipinski definition) is 0. The average molecular weight is 375 g/mol. The molecule has 1 unspecified atom stereocenters. The number of benzene rings is 2. The second kappa shape index (κ2) is 8.75. The predicted octanol–water partition coefficient (Wildman–Crippen LogP) is 3.94. The van der Waals surface area contributed by atoms with E-state index < -0.39 is 0 Å². The average Bonchev–Trinajstić information content (AvgIpc) is 2.64. The molecule has 0 aliphatic carbocycles. The highest BCUT2D eigenvalue weighted by Gasteiger charge is 2.22. The summed E-state index contributed by atoms with van der Waals surface area (Å²) in [6.45, 7) is 3.56. The van der Waals surface area contributed by atoms with E-state index in [0.717, 1.165) is 31.2 Å². The van der Waals surface area contributed by atoms with Crippen LogP contribution in [0.1, 0.15) is 16.4 Å². The summed E-state index contributed by atoms with van der Waals surface area (Å²) in [6.07, 6.45) is 0. The summed E-state index contributed by atoms with van der Waals surface area (Å²) in [6, 6.07) is 18.3. The highest BCUT2D eigenvalue weighted by atomic mass is 35.5. The van der Waals surface area contributed by atoms with Gasteiger partial charge in [-0.15, -0.1) is 11.8 Å². The van der Waals surface area contributed by atoms with Crippen molar-refractivity contribution in [2.24, 2.45) is 0 Å². The van der Waals surface area contributed by atoms with E-state index >= 15 is 0 Å². The number of piperazine rings is 1. The largest absolute Gasteiger partial charge is 0.339 e. The number of halogens is 1. The van der Waals surface area contributed by atoms with Crippen LogP contribution >= 0.6 is 23.4 Å². The maximum atomic E-state index is 12.6. The van der Waals surface area contributed by atoms with Gasteiger partial charge < -0.3 is 9.80 Å². The molecule has 25 heavy (non-hydrogen) atoms. The van der Waals surface area contributed by atoms with Gasteiger partial charge in [-0.2, -0.15) is 0 Å². The van der Waals surface area contributed by atoms with Crippen molar-refractivity contribution >= 4 is 29.3 Å². The first-order valence-corrected chi connectivity index (χ1v) is 9.94. The van der Waals surface area contributed by atoms with Gasteiger partial charge in [0.25, 0.3) is 0 Å². The van der Waals surface area contributed by atoms with Crippen LogP contribution in [0.25, 0.3) is 0 Å². The minimum absolute atomic E-state index is 0.134. The van der Waals surface area contributed by atoms with Crippen molar-refractivity contribution < 1.29 is 4.79 Å². The second-order valence-corrected chi connectivity index (χ2v) is 7.87. The number of likely N-dealkylation sites (N-methyl/N-ethyl adjacent to an activating group) is 1. The van der Waals surface area contributed by atoms with Crippen LogP contribution in [0.3, 0.4) is 0 Å². The Hall–Kier alpha value is -1.49. The summed E-state index contributed by atoms with van der Waals surface area (Å²) in [5.41, 5.74) is 2.38. The van der Waals surface area contributed by atoms with Crippen molar-refractivity contribution in [1.82, 2.24) is 9.80 Å². The van der Waals surface area contributed by atoms with Crippen LogP contribution in [0.15, 0.2) is 54.6 Å². The van der Waals surface area contributed by atoms with Crippen molar-refractivity contribution in [3.63, 3.8) is 0 Å². The van der Waals surface area contributed by atoms with Crippen LogP contribution in [0, 0.1) is 0 Å². The van der Waals surface area contributed by atoms with Crippen molar-refractivity contribution in [2.45, 2.75) is 5.25 Å². The molecule has 0 saturated carbocycles. The fraction of sp³-hybridized carbons (Fsp3) is 0.350. The zero-order valence-electron chi connectivity index (χ0n) is 14.4. The van der Waals surface area contributed by atoms with Crippen molar-refractivity contribution in [3.8, 4) is 0 Å². The fourth-order valence-corrected chi connectivity index (χ4v) is 4.27. The maximum absolute atomic E-state index is 12.6. The molecule has 1 saturated heterocycles. The molecule has 2 aromatic carbocycles. The molecular formula is C20H23ClN2OS. The third-order valence-electron chi connectivity index (χ3n) is 4.50. The van der Waals surface area contributed by atoms with Crippen LogP contribution in [0.2, 0.25) is 5.02 Å². The third kappa shape index (κ3) is 5.00. The van der Waals surface area contributed by atoms with Crippen LogP contribution in [0.5, 0.6) is 0 Å². The van der Waals surface area contributed by atoms with E-state index in [1.165, 1.54) is 11.1 Å².